The van der Waals surface area contributed by atoms with Crippen LogP contribution in [-0.4, -0.2) is 25.2 Å². The molecule has 11 heteroatoms. The fraction of sp³-hybridized carbons (Fsp3) is 0.0952. The summed E-state index contributed by atoms with van der Waals surface area (Å²) in [4.78, 5) is 12.8. The number of amides is 1. The molecule has 0 unspecified atom stereocenters. The lowest BCUT2D eigenvalue weighted by molar-refractivity contribution is -0.116. The zero-order valence-corrected chi connectivity index (χ0v) is 21.6. The van der Waals surface area contributed by atoms with Gasteiger partial charge in [-0.25, -0.2) is 8.42 Å². The zero-order valence-electron chi connectivity index (χ0n) is 16.2. The Bertz CT molecular complexity index is 1230. The van der Waals surface area contributed by atoms with Crippen LogP contribution in [0.4, 0.5) is 5.69 Å². The summed E-state index contributed by atoms with van der Waals surface area (Å²) in [6, 6.07) is 15.4. The van der Waals surface area contributed by atoms with Gasteiger partial charge in [0.1, 0.15) is 0 Å². The summed E-state index contributed by atoms with van der Waals surface area (Å²) >= 11 is 27.3. The van der Waals surface area contributed by atoms with E-state index in [2.05, 4.69) is 21.2 Å². The highest BCUT2D eigenvalue weighted by molar-refractivity contribution is 9.10. The molecular weight excluding hydrogens is 582 g/mol. The van der Waals surface area contributed by atoms with Gasteiger partial charge in [0.05, 0.1) is 21.5 Å². The van der Waals surface area contributed by atoms with E-state index in [0.29, 0.717) is 26.3 Å². The van der Waals surface area contributed by atoms with E-state index in [1.54, 1.807) is 30.3 Å². The summed E-state index contributed by atoms with van der Waals surface area (Å²) in [5, 5.41) is 3.92. The van der Waals surface area contributed by atoms with Crippen LogP contribution in [0.25, 0.3) is 0 Å². The summed E-state index contributed by atoms with van der Waals surface area (Å²) in [7, 11) is -4.02. The van der Waals surface area contributed by atoms with E-state index in [1.165, 1.54) is 30.3 Å². The summed E-state index contributed by atoms with van der Waals surface area (Å²) in [5.41, 5.74) is 0.918. The van der Waals surface area contributed by atoms with E-state index in [1.807, 2.05) is 0 Å². The number of nitrogens with zero attached hydrogens (tertiary/aromatic N) is 1. The first-order valence-corrected chi connectivity index (χ1v) is 12.7. The molecule has 3 rings (SSSR count). The molecule has 0 aromatic heterocycles. The topological polar surface area (TPSA) is 66.5 Å². The normalized spacial score (nSPS) is 11.6. The number of hydrogen-bond acceptors (Lipinski definition) is 3. The molecule has 1 amide bonds. The van der Waals surface area contributed by atoms with Gasteiger partial charge in [0.25, 0.3) is 0 Å². The summed E-state index contributed by atoms with van der Waals surface area (Å²) in [6.07, 6.45) is 0. The van der Waals surface area contributed by atoms with Crippen LogP contribution < -0.4 is 5.32 Å². The highest BCUT2D eigenvalue weighted by atomic mass is 79.9. The molecule has 1 N–H and O–H groups in total. The fourth-order valence-corrected chi connectivity index (χ4v) is 5.31. The number of rotatable bonds is 7. The molecule has 3 aromatic carbocycles. The number of benzene rings is 3. The van der Waals surface area contributed by atoms with Gasteiger partial charge in [-0.1, -0.05) is 68.4 Å². The van der Waals surface area contributed by atoms with E-state index in [0.717, 1.165) is 8.78 Å². The zero-order chi connectivity index (χ0) is 23.5. The second-order valence-electron chi connectivity index (χ2n) is 6.68. The largest absolute Gasteiger partial charge is 0.325 e. The summed E-state index contributed by atoms with van der Waals surface area (Å²) in [5.74, 6) is -0.566. The first-order valence-electron chi connectivity index (χ1n) is 9.00. The maximum absolute atomic E-state index is 13.3. The van der Waals surface area contributed by atoms with Crippen molar-refractivity contribution in [1.29, 1.82) is 0 Å². The molecule has 168 valence electrons. The predicted octanol–water partition coefficient (Wildman–Crippen LogP) is 6.89. The number of halogens is 5. The van der Waals surface area contributed by atoms with Gasteiger partial charge in [-0.05, 0) is 60.2 Å². The van der Waals surface area contributed by atoms with Crippen molar-refractivity contribution in [2.75, 3.05) is 11.9 Å². The average molecular weight is 597 g/mol. The minimum absolute atomic E-state index is 0.0411. The molecule has 0 radical (unpaired) electrons. The van der Waals surface area contributed by atoms with Crippen LogP contribution in [0, 0.1) is 0 Å². The van der Waals surface area contributed by atoms with E-state index < -0.39 is 22.5 Å². The molecule has 32 heavy (non-hydrogen) atoms. The summed E-state index contributed by atoms with van der Waals surface area (Å²) in [6.45, 7) is -0.554. The molecular formula is C21H15BrCl4N2O3S. The van der Waals surface area contributed by atoms with E-state index >= 15 is 0 Å². The molecule has 0 heterocycles. The number of nitrogens with one attached hydrogen (secondary N) is 1. The molecule has 3 aromatic rings. The number of hydrogen-bond donors (Lipinski definition) is 1. The third kappa shape index (κ3) is 6.60. The molecule has 5 nitrogen and oxygen atoms in total. The maximum atomic E-state index is 13.3. The lowest BCUT2D eigenvalue weighted by Crippen LogP contribution is -2.37. The van der Waals surface area contributed by atoms with Crippen molar-refractivity contribution >= 4 is 84.0 Å². The number of carbonyl (C=O) groups excluding carboxylic acids is 1. The van der Waals surface area contributed by atoms with Crippen molar-refractivity contribution in [3.63, 3.8) is 0 Å². The molecule has 0 aliphatic carbocycles. The van der Waals surface area contributed by atoms with Crippen LogP contribution in [0.15, 0.2) is 70.0 Å². The van der Waals surface area contributed by atoms with Gasteiger partial charge >= 0.3 is 0 Å². The predicted molar refractivity (Wildman–Crippen MR) is 133 cm³/mol. The minimum Gasteiger partial charge on any atom is -0.325 e. The summed E-state index contributed by atoms with van der Waals surface area (Å²) < 4.78 is 28.4. The molecule has 0 fully saturated rings. The number of anilines is 1. The van der Waals surface area contributed by atoms with Gasteiger partial charge < -0.3 is 5.32 Å². The third-order valence-electron chi connectivity index (χ3n) is 4.26. The molecule has 0 spiro atoms. The van der Waals surface area contributed by atoms with Gasteiger partial charge in [0.15, 0.2) is 0 Å². The third-order valence-corrected chi connectivity index (χ3v) is 7.77. The van der Waals surface area contributed by atoms with Gasteiger partial charge in [-0.15, -0.1) is 0 Å². The average Bonchev–Trinajstić information content (AvgIpc) is 2.69. The Labute approximate surface area is 214 Å². The van der Waals surface area contributed by atoms with Crippen LogP contribution in [0.3, 0.4) is 0 Å². The van der Waals surface area contributed by atoms with Crippen LogP contribution in [0.1, 0.15) is 5.56 Å². The molecule has 0 atom stereocenters. The van der Waals surface area contributed by atoms with Gasteiger partial charge in [-0.2, -0.15) is 4.31 Å². The molecule has 0 aliphatic heterocycles. The first-order chi connectivity index (χ1) is 15.0. The highest BCUT2D eigenvalue weighted by Crippen LogP contribution is 2.26. The standard InChI is InChI=1S/C21H15BrCl4N2O3S/c22-14-2-4-18(5-3-14)32(30,31)28(11-13-1-6-19(25)20(26)7-13)12-21(29)27-17-9-15(23)8-16(24)10-17/h1-10H,11-12H2,(H,27,29). The van der Waals surface area contributed by atoms with Crippen molar-refractivity contribution in [2.24, 2.45) is 0 Å². The van der Waals surface area contributed by atoms with Crippen LogP contribution in [0.2, 0.25) is 20.1 Å². The van der Waals surface area contributed by atoms with Crippen molar-refractivity contribution < 1.29 is 13.2 Å². The molecule has 0 saturated heterocycles. The molecule has 0 aliphatic rings. The number of sulfonamides is 1. The Morgan fingerprint density at radius 3 is 2.09 bits per heavy atom. The Hall–Kier alpha value is -1.32. The van der Waals surface area contributed by atoms with Gasteiger partial charge in [0.2, 0.25) is 15.9 Å². The van der Waals surface area contributed by atoms with Crippen LogP contribution in [0.5, 0.6) is 0 Å². The Morgan fingerprint density at radius 1 is 0.875 bits per heavy atom. The highest BCUT2D eigenvalue weighted by Gasteiger charge is 2.27. The van der Waals surface area contributed by atoms with Crippen molar-refractivity contribution in [2.45, 2.75) is 11.4 Å². The Morgan fingerprint density at radius 2 is 1.50 bits per heavy atom. The molecule has 0 saturated carbocycles. The lowest BCUT2D eigenvalue weighted by atomic mass is 10.2. The first kappa shape index (κ1) is 25.3. The van der Waals surface area contributed by atoms with Crippen molar-refractivity contribution in [3.8, 4) is 0 Å². The second-order valence-corrected chi connectivity index (χ2v) is 11.2. The van der Waals surface area contributed by atoms with E-state index in [9.17, 15) is 13.2 Å². The van der Waals surface area contributed by atoms with Crippen LogP contribution in [-0.2, 0) is 21.4 Å². The monoisotopic (exact) mass is 594 g/mol. The fourth-order valence-electron chi connectivity index (χ4n) is 2.81. The number of carbonyl (C=O) groups is 1. The minimum atomic E-state index is -4.02. The lowest BCUT2D eigenvalue weighted by Gasteiger charge is -2.22. The SMILES string of the molecule is O=C(CN(Cc1ccc(Cl)c(Cl)c1)S(=O)(=O)c1ccc(Br)cc1)Nc1cc(Cl)cc(Cl)c1. The Balaban J connectivity index is 1.90. The maximum Gasteiger partial charge on any atom is 0.243 e. The van der Waals surface area contributed by atoms with Crippen molar-refractivity contribution in [3.05, 3.63) is 90.8 Å². The smallest absolute Gasteiger partial charge is 0.243 e. The second kappa shape index (κ2) is 10.7. The van der Waals surface area contributed by atoms with Gasteiger partial charge in [0, 0.05) is 26.8 Å². The molecule has 0 bridgehead atoms. The van der Waals surface area contributed by atoms with E-state index in [-0.39, 0.29) is 16.5 Å². The van der Waals surface area contributed by atoms with Gasteiger partial charge in [-0.3, -0.25) is 4.79 Å². The van der Waals surface area contributed by atoms with Crippen molar-refractivity contribution in [1.82, 2.24) is 4.31 Å². The Kier molecular flexibility index (Phi) is 8.49. The quantitative estimate of drug-likeness (QED) is 0.323. The van der Waals surface area contributed by atoms with Crippen LogP contribution >= 0.6 is 62.3 Å². The van der Waals surface area contributed by atoms with E-state index in [4.69, 9.17) is 46.4 Å².